The van der Waals surface area contributed by atoms with Crippen LogP contribution in [0.3, 0.4) is 0 Å². The summed E-state index contributed by atoms with van der Waals surface area (Å²) in [4.78, 5) is 14.3. The number of hydrogen-bond donors (Lipinski definition) is 0. The molecule has 1 aliphatic heterocycles. The smallest absolute Gasteiger partial charge is 0.338 e. The summed E-state index contributed by atoms with van der Waals surface area (Å²) in [5.41, 5.74) is 0.635. The van der Waals surface area contributed by atoms with Crippen LogP contribution >= 0.6 is 0 Å². The molecule has 1 aromatic rings. The molecule has 0 radical (unpaired) electrons. The number of carbonyl (C=O) groups is 1. The van der Waals surface area contributed by atoms with E-state index in [1.165, 1.54) is 0 Å². The predicted molar refractivity (Wildman–Crippen MR) is 71.5 cm³/mol. The van der Waals surface area contributed by atoms with Crippen molar-refractivity contribution < 1.29 is 9.53 Å². The quantitative estimate of drug-likeness (QED) is 0.752. The van der Waals surface area contributed by atoms with Gasteiger partial charge < -0.3 is 9.64 Å². The second kappa shape index (κ2) is 5.53. The van der Waals surface area contributed by atoms with Crippen LogP contribution in [0.2, 0.25) is 0 Å². The van der Waals surface area contributed by atoms with Gasteiger partial charge in [0, 0.05) is 18.5 Å². The average molecular weight is 247 g/mol. The van der Waals surface area contributed by atoms with Gasteiger partial charge in [-0.15, -0.1) is 0 Å². The molecule has 1 heterocycles. The fraction of sp³-hybridized carbons (Fsp3) is 0.533. The maximum absolute atomic E-state index is 12.0. The lowest BCUT2D eigenvalue weighted by atomic mass is 9.92. The molecule has 0 N–H and O–H groups in total. The van der Waals surface area contributed by atoms with Gasteiger partial charge in [-0.1, -0.05) is 25.1 Å². The van der Waals surface area contributed by atoms with Crippen molar-refractivity contribution in [2.45, 2.75) is 32.4 Å². The highest BCUT2D eigenvalue weighted by Crippen LogP contribution is 2.24. The highest BCUT2D eigenvalue weighted by molar-refractivity contribution is 5.89. The highest BCUT2D eigenvalue weighted by atomic mass is 16.5. The number of benzene rings is 1. The molecule has 0 bridgehead atoms. The van der Waals surface area contributed by atoms with Gasteiger partial charge in [0.1, 0.15) is 6.10 Å². The summed E-state index contributed by atoms with van der Waals surface area (Å²) in [7, 11) is 2.12. The highest BCUT2D eigenvalue weighted by Gasteiger charge is 2.31. The average Bonchev–Trinajstić information content (AvgIpc) is 2.37. The third-order valence-electron chi connectivity index (χ3n) is 3.80. The number of likely N-dealkylation sites (tertiary alicyclic amines) is 1. The van der Waals surface area contributed by atoms with Crippen molar-refractivity contribution in [1.82, 2.24) is 4.90 Å². The Morgan fingerprint density at radius 1 is 1.28 bits per heavy atom. The largest absolute Gasteiger partial charge is 0.458 e. The van der Waals surface area contributed by atoms with Crippen LogP contribution < -0.4 is 0 Å². The topological polar surface area (TPSA) is 29.5 Å². The van der Waals surface area contributed by atoms with Crippen LogP contribution in [-0.4, -0.2) is 36.6 Å². The maximum Gasteiger partial charge on any atom is 0.338 e. The van der Waals surface area contributed by atoms with E-state index in [1.54, 1.807) is 12.1 Å². The number of rotatable bonds is 2. The Morgan fingerprint density at radius 2 is 1.94 bits per heavy atom. The van der Waals surface area contributed by atoms with Crippen LogP contribution in [0.1, 0.15) is 30.6 Å². The molecule has 3 nitrogen and oxygen atoms in total. The predicted octanol–water partition coefficient (Wildman–Crippen LogP) is 2.57. The lowest BCUT2D eigenvalue weighted by molar-refractivity contribution is -0.0196. The van der Waals surface area contributed by atoms with E-state index in [2.05, 4.69) is 25.8 Å². The van der Waals surface area contributed by atoms with Crippen molar-refractivity contribution in [3.05, 3.63) is 35.9 Å². The normalized spacial score (nSPS) is 28.9. The molecule has 0 amide bonds. The molecule has 3 atom stereocenters. The van der Waals surface area contributed by atoms with Crippen LogP contribution in [0.15, 0.2) is 30.3 Å². The summed E-state index contributed by atoms with van der Waals surface area (Å²) >= 11 is 0. The monoisotopic (exact) mass is 247 g/mol. The minimum absolute atomic E-state index is 0.0314. The summed E-state index contributed by atoms with van der Waals surface area (Å²) in [6.45, 7) is 5.30. The summed E-state index contributed by atoms with van der Waals surface area (Å²) in [6, 6.07) is 9.68. The molecule has 1 aliphatic rings. The van der Waals surface area contributed by atoms with Gasteiger partial charge in [-0.3, -0.25) is 0 Å². The first kappa shape index (κ1) is 13.1. The van der Waals surface area contributed by atoms with Crippen LogP contribution in [0.5, 0.6) is 0 Å². The molecule has 2 rings (SSSR count). The summed E-state index contributed by atoms with van der Waals surface area (Å²) in [5.74, 6) is 0.183. The van der Waals surface area contributed by atoms with E-state index in [0.29, 0.717) is 17.5 Å². The lowest BCUT2D eigenvalue weighted by Gasteiger charge is -2.39. The Labute approximate surface area is 109 Å². The molecule has 1 fully saturated rings. The van der Waals surface area contributed by atoms with E-state index in [1.807, 2.05) is 18.2 Å². The van der Waals surface area contributed by atoms with Crippen molar-refractivity contribution in [2.75, 3.05) is 13.6 Å². The minimum atomic E-state index is -0.204. The first-order chi connectivity index (χ1) is 8.58. The maximum atomic E-state index is 12.0. The van der Waals surface area contributed by atoms with E-state index in [0.717, 1.165) is 13.0 Å². The first-order valence-electron chi connectivity index (χ1n) is 6.54. The van der Waals surface area contributed by atoms with E-state index in [-0.39, 0.29) is 12.1 Å². The Morgan fingerprint density at radius 3 is 2.61 bits per heavy atom. The molecule has 1 aromatic carbocycles. The van der Waals surface area contributed by atoms with Gasteiger partial charge in [0.05, 0.1) is 5.56 Å². The molecule has 3 heteroatoms. The molecule has 0 aromatic heterocycles. The standard InChI is InChI=1S/C15H21NO2/c1-11-10-16(3)12(2)9-14(11)18-15(17)13-7-5-4-6-8-13/h4-8,11-12,14H,9-10H2,1-3H3/t11-,12+,14+/m1/s1. The number of carbonyl (C=O) groups excluding carboxylic acids is 1. The summed E-state index contributed by atoms with van der Waals surface area (Å²) < 4.78 is 5.64. The molecule has 0 spiro atoms. The van der Waals surface area contributed by atoms with Gasteiger partial charge in [0.15, 0.2) is 0 Å². The Kier molecular flexibility index (Phi) is 4.02. The van der Waals surface area contributed by atoms with Crippen LogP contribution in [-0.2, 0) is 4.74 Å². The van der Waals surface area contributed by atoms with E-state index in [4.69, 9.17) is 4.74 Å². The fourth-order valence-electron chi connectivity index (χ4n) is 2.44. The molecule has 18 heavy (non-hydrogen) atoms. The third-order valence-corrected chi connectivity index (χ3v) is 3.80. The van der Waals surface area contributed by atoms with Crippen molar-refractivity contribution in [3.8, 4) is 0 Å². The van der Waals surface area contributed by atoms with Gasteiger partial charge in [-0.25, -0.2) is 4.79 Å². The summed E-state index contributed by atoms with van der Waals surface area (Å²) in [5, 5.41) is 0. The third kappa shape index (κ3) is 2.91. The zero-order valence-electron chi connectivity index (χ0n) is 11.3. The van der Waals surface area contributed by atoms with Crippen molar-refractivity contribution in [3.63, 3.8) is 0 Å². The van der Waals surface area contributed by atoms with Crippen LogP contribution in [0, 0.1) is 5.92 Å². The van der Waals surface area contributed by atoms with E-state index >= 15 is 0 Å². The number of hydrogen-bond acceptors (Lipinski definition) is 3. The van der Waals surface area contributed by atoms with Gasteiger partial charge in [0.25, 0.3) is 0 Å². The number of piperidine rings is 1. The second-order valence-corrected chi connectivity index (χ2v) is 5.31. The Bertz CT molecular complexity index is 404. The molecule has 98 valence electrons. The van der Waals surface area contributed by atoms with Crippen molar-refractivity contribution >= 4 is 5.97 Å². The van der Waals surface area contributed by atoms with Gasteiger partial charge in [-0.2, -0.15) is 0 Å². The van der Waals surface area contributed by atoms with Gasteiger partial charge >= 0.3 is 5.97 Å². The SMILES string of the molecule is C[C@@H]1CN(C)[C@@H](C)C[C@@H]1OC(=O)c1ccccc1. The number of nitrogens with zero attached hydrogens (tertiary/aromatic N) is 1. The van der Waals surface area contributed by atoms with E-state index < -0.39 is 0 Å². The van der Waals surface area contributed by atoms with E-state index in [9.17, 15) is 4.79 Å². The lowest BCUT2D eigenvalue weighted by Crippen LogP contribution is -2.46. The number of esters is 1. The van der Waals surface area contributed by atoms with Gasteiger partial charge in [0.2, 0.25) is 0 Å². The molecule has 0 aliphatic carbocycles. The van der Waals surface area contributed by atoms with Crippen molar-refractivity contribution in [1.29, 1.82) is 0 Å². The van der Waals surface area contributed by atoms with Crippen molar-refractivity contribution in [2.24, 2.45) is 5.92 Å². The number of ether oxygens (including phenoxy) is 1. The zero-order chi connectivity index (χ0) is 13.1. The summed E-state index contributed by atoms with van der Waals surface area (Å²) in [6.07, 6.45) is 0.944. The first-order valence-corrected chi connectivity index (χ1v) is 6.54. The molecular weight excluding hydrogens is 226 g/mol. The fourth-order valence-corrected chi connectivity index (χ4v) is 2.44. The molecule has 0 unspecified atom stereocenters. The minimum Gasteiger partial charge on any atom is -0.458 e. The zero-order valence-corrected chi connectivity index (χ0v) is 11.3. The van der Waals surface area contributed by atoms with Crippen LogP contribution in [0.4, 0.5) is 0 Å². The molecular formula is C15H21NO2. The Balaban J connectivity index is 1.99. The molecule has 1 saturated heterocycles. The van der Waals surface area contributed by atoms with Crippen LogP contribution in [0.25, 0.3) is 0 Å². The second-order valence-electron chi connectivity index (χ2n) is 5.31. The van der Waals surface area contributed by atoms with Gasteiger partial charge in [-0.05, 0) is 32.5 Å². The molecule has 0 saturated carbocycles. The Hall–Kier alpha value is -1.35.